The number of hydrogen-bond acceptors (Lipinski definition) is 8. The first-order valence-electron chi connectivity index (χ1n) is 12.5. The maximum absolute atomic E-state index is 13.7. The Morgan fingerprint density at radius 3 is 2.45 bits per heavy atom. The van der Waals surface area contributed by atoms with E-state index in [2.05, 4.69) is 20.5 Å². The number of aliphatic hydroxyl groups is 1. The summed E-state index contributed by atoms with van der Waals surface area (Å²) in [5.41, 5.74) is 1.53. The van der Waals surface area contributed by atoms with Crippen molar-refractivity contribution in [1.82, 2.24) is 19.5 Å². The zero-order chi connectivity index (χ0) is 27.9. The number of amides is 1. The van der Waals surface area contributed by atoms with Gasteiger partial charge in [-0.3, -0.25) is 0 Å². The van der Waals surface area contributed by atoms with Crippen LogP contribution in [0.3, 0.4) is 0 Å². The Balaban J connectivity index is 1.84. The van der Waals surface area contributed by atoms with E-state index >= 15 is 0 Å². The van der Waals surface area contributed by atoms with E-state index in [0.717, 1.165) is 16.8 Å². The third kappa shape index (κ3) is 8.37. The predicted octanol–water partition coefficient (Wildman–Crippen LogP) is 3.16. The van der Waals surface area contributed by atoms with E-state index in [1.54, 1.807) is 12.1 Å². The number of hydrogen-bond donors (Lipinski definition) is 4. The molecule has 0 aliphatic carbocycles. The molecule has 0 fully saturated rings. The first kappa shape index (κ1) is 29.8. The first-order valence-corrected chi connectivity index (χ1v) is 14.7. The number of nitrogens with one attached hydrogen (secondary N) is 2. The average Bonchev–Trinajstić information content (AvgIpc) is 3.25. The Hall–Kier alpha value is -2.77. The highest BCUT2D eigenvalue weighted by molar-refractivity contribution is 7.89. The number of rotatable bonds is 14. The van der Waals surface area contributed by atoms with E-state index in [1.165, 1.54) is 21.7 Å². The van der Waals surface area contributed by atoms with Gasteiger partial charge in [-0.15, -0.1) is 0 Å². The van der Waals surface area contributed by atoms with Gasteiger partial charge in [0.15, 0.2) is 5.13 Å². The summed E-state index contributed by atoms with van der Waals surface area (Å²) in [6.07, 6.45) is -2.33. The molecular formula is C26H37N5O5S2. The Bertz CT molecular complexity index is 1300. The van der Waals surface area contributed by atoms with E-state index in [9.17, 15) is 23.4 Å². The minimum Gasteiger partial charge on any atom is -0.465 e. The molecule has 38 heavy (non-hydrogen) atoms. The number of benzene rings is 2. The number of likely N-dealkylation sites (N-methyl/N-ethyl adjacent to an activating group) is 1. The van der Waals surface area contributed by atoms with Gasteiger partial charge in [0, 0.05) is 26.2 Å². The van der Waals surface area contributed by atoms with Gasteiger partial charge in [-0.05, 0) is 50.2 Å². The van der Waals surface area contributed by atoms with Gasteiger partial charge in [-0.2, -0.15) is 4.31 Å². The van der Waals surface area contributed by atoms with Crippen molar-refractivity contribution in [3.8, 4) is 0 Å². The topological polar surface area (TPSA) is 135 Å². The van der Waals surface area contributed by atoms with Crippen molar-refractivity contribution in [3.63, 3.8) is 0 Å². The Labute approximate surface area is 228 Å². The number of sulfonamides is 1. The standard InChI is InChI=1S/C26H37N5O5S2/c1-18(2)16-31(17-23(32)22(29-26(33)34)14-19-8-6-5-7-9-19)38(35,36)20-10-11-21-24(15-20)37-25(28-21)27-12-13-30(3)4/h5-11,15,18,22-23,29,32H,12-14,16-17H2,1-4H3,(H,27,28)(H,33,34). The highest BCUT2D eigenvalue weighted by Gasteiger charge is 2.31. The zero-order valence-corrected chi connectivity index (χ0v) is 23.8. The van der Waals surface area contributed by atoms with Crippen LogP contribution >= 0.6 is 11.3 Å². The molecule has 0 saturated heterocycles. The van der Waals surface area contributed by atoms with Gasteiger partial charge in [-0.1, -0.05) is 55.5 Å². The molecule has 2 aromatic carbocycles. The summed E-state index contributed by atoms with van der Waals surface area (Å²) in [4.78, 5) is 18.1. The van der Waals surface area contributed by atoms with Crippen LogP contribution in [-0.2, 0) is 16.4 Å². The number of aromatic nitrogens is 1. The minimum absolute atomic E-state index is 0.0170. The van der Waals surface area contributed by atoms with Gasteiger partial charge in [0.1, 0.15) is 0 Å². The highest BCUT2D eigenvalue weighted by Crippen LogP contribution is 2.29. The molecule has 10 nitrogen and oxygen atoms in total. The smallest absolute Gasteiger partial charge is 0.404 e. The molecule has 3 rings (SSSR count). The van der Waals surface area contributed by atoms with Crippen molar-refractivity contribution in [2.75, 3.05) is 45.6 Å². The molecule has 0 radical (unpaired) electrons. The van der Waals surface area contributed by atoms with Crippen molar-refractivity contribution in [1.29, 1.82) is 0 Å². The van der Waals surface area contributed by atoms with Crippen LogP contribution in [0.15, 0.2) is 53.4 Å². The van der Waals surface area contributed by atoms with Gasteiger partial charge < -0.3 is 25.7 Å². The number of carboxylic acid groups (broad SMARTS) is 1. The Morgan fingerprint density at radius 2 is 1.82 bits per heavy atom. The molecule has 0 bridgehead atoms. The zero-order valence-electron chi connectivity index (χ0n) is 22.2. The molecule has 208 valence electrons. The lowest BCUT2D eigenvalue weighted by Gasteiger charge is -2.30. The Kier molecular flexibility index (Phi) is 10.5. The van der Waals surface area contributed by atoms with Crippen LogP contribution in [0.2, 0.25) is 0 Å². The normalized spacial score (nSPS) is 13.8. The number of fused-ring (bicyclic) bond motifs is 1. The van der Waals surface area contributed by atoms with Crippen molar-refractivity contribution in [2.24, 2.45) is 5.92 Å². The maximum Gasteiger partial charge on any atom is 0.404 e. The summed E-state index contributed by atoms with van der Waals surface area (Å²) in [6, 6.07) is 13.1. The van der Waals surface area contributed by atoms with Crippen molar-refractivity contribution < 1.29 is 23.4 Å². The van der Waals surface area contributed by atoms with Gasteiger partial charge >= 0.3 is 6.09 Å². The van der Waals surface area contributed by atoms with Crippen LogP contribution in [-0.4, -0.2) is 91.3 Å². The molecule has 3 aromatic rings. The van der Waals surface area contributed by atoms with Crippen molar-refractivity contribution in [2.45, 2.75) is 37.3 Å². The molecule has 0 saturated carbocycles. The predicted molar refractivity (Wildman–Crippen MR) is 151 cm³/mol. The molecular weight excluding hydrogens is 526 g/mol. The van der Waals surface area contributed by atoms with Crippen LogP contribution in [0.1, 0.15) is 19.4 Å². The van der Waals surface area contributed by atoms with E-state index in [1.807, 2.05) is 58.3 Å². The van der Waals surface area contributed by atoms with Crippen molar-refractivity contribution in [3.05, 3.63) is 54.1 Å². The fraction of sp³-hybridized carbons (Fsp3) is 0.462. The number of carbonyl (C=O) groups is 1. The molecule has 2 atom stereocenters. The number of aliphatic hydroxyl groups excluding tert-OH is 1. The Morgan fingerprint density at radius 1 is 1.11 bits per heavy atom. The summed E-state index contributed by atoms with van der Waals surface area (Å²) >= 11 is 1.38. The van der Waals surface area contributed by atoms with Gasteiger partial charge in [0.25, 0.3) is 0 Å². The number of thiazole rings is 1. The largest absolute Gasteiger partial charge is 0.465 e. The average molecular weight is 564 g/mol. The third-order valence-corrected chi connectivity index (χ3v) is 8.67. The van der Waals surface area contributed by atoms with Gasteiger partial charge in [-0.25, -0.2) is 18.2 Å². The summed E-state index contributed by atoms with van der Waals surface area (Å²) in [5, 5.41) is 26.7. The second-order valence-corrected chi connectivity index (χ2v) is 12.9. The monoisotopic (exact) mass is 563 g/mol. The van der Waals surface area contributed by atoms with Crippen LogP contribution < -0.4 is 10.6 Å². The fourth-order valence-electron chi connectivity index (χ4n) is 4.00. The SMILES string of the molecule is CC(C)CN(CC(O)C(Cc1ccccc1)NC(=O)O)S(=O)(=O)c1ccc2nc(NCCN(C)C)sc2c1. The molecule has 1 amide bonds. The summed E-state index contributed by atoms with van der Waals surface area (Å²) in [5.74, 6) is -0.0170. The first-order chi connectivity index (χ1) is 18.0. The molecule has 4 N–H and O–H groups in total. The van der Waals surface area contributed by atoms with Crippen LogP contribution in [0, 0.1) is 5.92 Å². The van der Waals surface area contributed by atoms with Gasteiger partial charge in [0.05, 0.1) is 27.3 Å². The van der Waals surface area contributed by atoms with Crippen LogP contribution in [0.5, 0.6) is 0 Å². The molecule has 1 aromatic heterocycles. The molecule has 0 spiro atoms. The van der Waals surface area contributed by atoms with Crippen molar-refractivity contribution >= 4 is 42.8 Å². The fourth-order valence-corrected chi connectivity index (χ4v) is 6.65. The van der Waals surface area contributed by atoms with E-state index in [-0.39, 0.29) is 30.3 Å². The molecule has 1 heterocycles. The molecule has 12 heteroatoms. The summed E-state index contributed by atoms with van der Waals surface area (Å²) in [7, 11) is -0.0170. The third-order valence-electron chi connectivity index (χ3n) is 5.86. The molecule has 0 aliphatic rings. The van der Waals surface area contributed by atoms with E-state index in [4.69, 9.17) is 0 Å². The minimum atomic E-state index is -3.99. The second kappa shape index (κ2) is 13.3. The highest BCUT2D eigenvalue weighted by atomic mass is 32.2. The summed E-state index contributed by atoms with van der Waals surface area (Å²) < 4.78 is 29.5. The molecule has 2 unspecified atom stereocenters. The van der Waals surface area contributed by atoms with Crippen LogP contribution in [0.25, 0.3) is 10.2 Å². The van der Waals surface area contributed by atoms with Gasteiger partial charge in [0.2, 0.25) is 10.0 Å². The van der Waals surface area contributed by atoms with E-state index < -0.39 is 28.3 Å². The lowest BCUT2D eigenvalue weighted by atomic mass is 10.0. The molecule has 0 aliphatic heterocycles. The second-order valence-electron chi connectivity index (χ2n) is 9.91. The quantitative estimate of drug-likeness (QED) is 0.235. The lowest BCUT2D eigenvalue weighted by molar-refractivity contribution is 0.0980. The lowest BCUT2D eigenvalue weighted by Crippen LogP contribution is -2.50. The summed E-state index contributed by atoms with van der Waals surface area (Å²) in [6.45, 7) is 5.25. The van der Waals surface area contributed by atoms with E-state index in [0.29, 0.717) is 17.2 Å². The number of anilines is 1. The maximum atomic E-state index is 13.7. The number of nitrogens with zero attached hydrogens (tertiary/aromatic N) is 3. The van der Waals surface area contributed by atoms with Crippen LogP contribution in [0.4, 0.5) is 9.93 Å².